The van der Waals surface area contributed by atoms with Gasteiger partial charge in [-0.2, -0.15) is 13.2 Å². The van der Waals surface area contributed by atoms with Crippen LogP contribution in [-0.4, -0.2) is 22.2 Å². The molecule has 0 aliphatic heterocycles. The van der Waals surface area contributed by atoms with E-state index in [4.69, 9.17) is 0 Å². The van der Waals surface area contributed by atoms with Crippen LogP contribution in [-0.2, 0) is 6.18 Å². The van der Waals surface area contributed by atoms with Gasteiger partial charge in [-0.05, 0) is 18.6 Å². The van der Waals surface area contributed by atoms with E-state index in [9.17, 15) is 18.3 Å². The fraction of sp³-hybridized carbons (Fsp3) is 0.583. The van der Waals surface area contributed by atoms with Gasteiger partial charge in [0, 0.05) is 17.7 Å². The van der Waals surface area contributed by atoms with E-state index in [1.165, 1.54) is 0 Å². The zero-order valence-electron chi connectivity index (χ0n) is 10.1. The molecule has 1 aromatic heterocycles. The first-order chi connectivity index (χ1) is 8.21. The Bertz CT molecular complexity index is 445. The van der Waals surface area contributed by atoms with Crippen molar-refractivity contribution >= 4 is 5.82 Å². The molecule has 0 radical (unpaired) electrons. The van der Waals surface area contributed by atoms with Gasteiger partial charge < -0.3 is 10.4 Å². The highest BCUT2D eigenvalue weighted by molar-refractivity contribution is 5.41. The number of aliphatic hydroxyl groups is 1. The second kappa shape index (κ2) is 4.12. The van der Waals surface area contributed by atoms with Crippen molar-refractivity contribution in [3.05, 3.63) is 23.9 Å². The van der Waals surface area contributed by atoms with Crippen LogP contribution in [0.1, 0.15) is 25.8 Å². The molecule has 1 heterocycles. The number of nitrogens with zero attached hydrogens (tertiary/aromatic N) is 1. The molecule has 0 spiro atoms. The van der Waals surface area contributed by atoms with E-state index in [0.29, 0.717) is 6.42 Å². The maximum Gasteiger partial charge on any atom is 0.416 e. The third-order valence-corrected chi connectivity index (χ3v) is 3.63. The summed E-state index contributed by atoms with van der Waals surface area (Å²) in [5.41, 5.74) is -1.08. The molecule has 1 aliphatic rings. The minimum absolute atomic E-state index is 0.0662. The van der Waals surface area contributed by atoms with Crippen LogP contribution >= 0.6 is 0 Å². The number of anilines is 1. The number of nitrogens with one attached hydrogen (secondary N) is 1. The first-order valence-corrected chi connectivity index (χ1v) is 5.69. The summed E-state index contributed by atoms with van der Waals surface area (Å²) in [6.07, 6.45) is -3.15. The van der Waals surface area contributed by atoms with Crippen molar-refractivity contribution in [1.82, 2.24) is 4.98 Å². The van der Waals surface area contributed by atoms with Gasteiger partial charge >= 0.3 is 6.18 Å². The second-order valence-electron chi connectivity index (χ2n) is 5.20. The molecule has 0 amide bonds. The number of alkyl halides is 3. The van der Waals surface area contributed by atoms with Gasteiger partial charge in [0.15, 0.2) is 0 Å². The molecule has 2 rings (SSSR count). The molecular weight excluding hydrogens is 245 g/mol. The van der Waals surface area contributed by atoms with Gasteiger partial charge in [0.1, 0.15) is 5.82 Å². The van der Waals surface area contributed by atoms with E-state index in [1.54, 1.807) is 0 Å². The predicted molar refractivity (Wildman–Crippen MR) is 61.1 cm³/mol. The van der Waals surface area contributed by atoms with Crippen molar-refractivity contribution < 1.29 is 18.3 Å². The van der Waals surface area contributed by atoms with Crippen LogP contribution in [0.5, 0.6) is 0 Å². The molecule has 2 unspecified atom stereocenters. The normalized spacial score (nSPS) is 26.6. The Hall–Kier alpha value is -1.30. The summed E-state index contributed by atoms with van der Waals surface area (Å²) in [7, 11) is 0. The highest BCUT2D eigenvalue weighted by atomic mass is 19.4. The Morgan fingerprint density at radius 3 is 2.61 bits per heavy atom. The lowest BCUT2D eigenvalue weighted by molar-refractivity contribution is -0.137. The van der Waals surface area contributed by atoms with Crippen molar-refractivity contribution in [2.75, 3.05) is 5.32 Å². The zero-order valence-corrected chi connectivity index (χ0v) is 10.1. The highest BCUT2D eigenvalue weighted by Crippen LogP contribution is 2.42. The Morgan fingerprint density at radius 1 is 1.44 bits per heavy atom. The smallest absolute Gasteiger partial charge is 0.392 e. The first-order valence-electron chi connectivity index (χ1n) is 5.69. The summed E-state index contributed by atoms with van der Waals surface area (Å²) in [5, 5.41) is 12.5. The average molecular weight is 260 g/mol. The summed E-state index contributed by atoms with van der Waals surface area (Å²) < 4.78 is 37.6. The molecule has 0 aromatic carbocycles. The average Bonchev–Trinajstić information content (AvgIpc) is 2.28. The van der Waals surface area contributed by atoms with Gasteiger partial charge in [0.2, 0.25) is 0 Å². The molecule has 1 aliphatic carbocycles. The third kappa shape index (κ3) is 2.29. The second-order valence-corrected chi connectivity index (χ2v) is 5.20. The first kappa shape index (κ1) is 13.1. The molecule has 6 heteroatoms. The molecule has 2 N–H and O–H groups in total. The lowest BCUT2D eigenvalue weighted by Gasteiger charge is -2.49. The lowest BCUT2D eigenvalue weighted by atomic mass is 9.64. The third-order valence-electron chi connectivity index (χ3n) is 3.63. The maximum absolute atomic E-state index is 12.5. The van der Waals surface area contributed by atoms with E-state index in [2.05, 4.69) is 10.3 Å². The summed E-state index contributed by atoms with van der Waals surface area (Å²) in [6.45, 7) is 3.74. The Morgan fingerprint density at radius 2 is 2.11 bits per heavy atom. The fourth-order valence-corrected chi connectivity index (χ4v) is 2.01. The van der Waals surface area contributed by atoms with Crippen LogP contribution in [0.3, 0.4) is 0 Å². The zero-order chi connectivity index (χ0) is 13.6. The Kier molecular flexibility index (Phi) is 3.01. The monoisotopic (exact) mass is 260 g/mol. The van der Waals surface area contributed by atoms with Crippen molar-refractivity contribution in [3.8, 4) is 0 Å². The molecule has 100 valence electrons. The minimum Gasteiger partial charge on any atom is -0.392 e. The van der Waals surface area contributed by atoms with E-state index < -0.39 is 17.8 Å². The standard InChI is InChI=1S/C12H15F3N2O/c1-11(2)8(6-9(11)18)17-10-5-7(3-4-16-10)12(13,14)15/h3-5,8-9,18H,6H2,1-2H3,(H,16,17). The summed E-state index contributed by atoms with van der Waals surface area (Å²) in [4.78, 5) is 3.87. The number of aliphatic hydroxyl groups excluding tert-OH is 1. The van der Waals surface area contributed by atoms with Gasteiger partial charge in [-0.15, -0.1) is 0 Å². The summed E-state index contributed by atoms with van der Waals surface area (Å²) in [6, 6.07) is 1.86. The number of rotatable bonds is 2. The number of halogens is 3. The number of pyridine rings is 1. The van der Waals surface area contributed by atoms with Crippen LogP contribution < -0.4 is 5.32 Å². The van der Waals surface area contributed by atoms with Gasteiger partial charge in [0.05, 0.1) is 11.7 Å². The molecule has 1 fully saturated rings. The predicted octanol–water partition coefficient (Wildman–Crippen LogP) is 2.67. The number of hydrogen-bond acceptors (Lipinski definition) is 3. The molecule has 1 saturated carbocycles. The van der Waals surface area contributed by atoms with Crippen molar-refractivity contribution in [2.45, 2.75) is 38.6 Å². The molecule has 2 atom stereocenters. The quantitative estimate of drug-likeness (QED) is 0.859. The molecule has 18 heavy (non-hydrogen) atoms. The van der Waals surface area contributed by atoms with E-state index >= 15 is 0 Å². The number of aromatic nitrogens is 1. The minimum atomic E-state index is -4.37. The van der Waals surface area contributed by atoms with Crippen LogP contribution in [0.15, 0.2) is 18.3 Å². The largest absolute Gasteiger partial charge is 0.416 e. The maximum atomic E-state index is 12.5. The van der Waals surface area contributed by atoms with Gasteiger partial charge in [-0.1, -0.05) is 13.8 Å². The van der Waals surface area contributed by atoms with Gasteiger partial charge in [-0.25, -0.2) is 4.98 Å². The Balaban J connectivity index is 2.12. The summed E-state index contributed by atoms with van der Waals surface area (Å²) >= 11 is 0. The van der Waals surface area contributed by atoms with Crippen LogP contribution in [0, 0.1) is 5.41 Å². The van der Waals surface area contributed by atoms with E-state index in [1.807, 2.05) is 13.8 Å². The lowest BCUT2D eigenvalue weighted by Crippen LogP contribution is -2.57. The Labute approximate surface area is 103 Å². The van der Waals surface area contributed by atoms with Gasteiger partial charge in [-0.3, -0.25) is 0 Å². The molecule has 0 bridgehead atoms. The van der Waals surface area contributed by atoms with Crippen molar-refractivity contribution in [1.29, 1.82) is 0 Å². The fourth-order valence-electron chi connectivity index (χ4n) is 2.01. The van der Waals surface area contributed by atoms with E-state index in [-0.39, 0.29) is 17.3 Å². The van der Waals surface area contributed by atoms with E-state index in [0.717, 1.165) is 18.3 Å². The van der Waals surface area contributed by atoms with Gasteiger partial charge in [0.25, 0.3) is 0 Å². The topological polar surface area (TPSA) is 45.1 Å². The highest BCUT2D eigenvalue weighted by Gasteiger charge is 2.47. The van der Waals surface area contributed by atoms with Crippen molar-refractivity contribution in [2.24, 2.45) is 5.41 Å². The van der Waals surface area contributed by atoms with Crippen molar-refractivity contribution in [3.63, 3.8) is 0 Å². The molecule has 1 aromatic rings. The molecule has 3 nitrogen and oxygen atoms in total. The molecular formula is C12H15F3N2O. The van der Waals surface area contributed by atoms with Crippen LogP contribution in [0.4, 0.5) is 19.0 Å². The number of hydrogen-bond donors (Lipinski definition) is 2. The van der Waals surface area contributed by atoms with Crippen LogP contribution in [0.2, 0.25) is 0 Å². The SMILES string of the molecule is CC1(C)C(O)CC1Nc1cc(C(F)(F)F)ccn1. The molecule has 0 saturated heterocycles. The summed E-state index contributed by atoms with van der Waals surface area (Å²) in [5.74, 6) is 0.190. The van der Waals surface area contributed by atoms with Crippen LogP contribution in [0.25, 0.3) is 0 Å².